The molecule has 0 aliphatic rings. The van der Waals surface area contributed by atoms with Crippen molar-refractivity contribution >= 4 is 15.9 Å². The average Bonchev–Trinajstić information content (AvgIpc) is 2.54. The fraction of sp³-hybridized carbons (Fsp3) is 0.278. The van der Waals surface area contributed by atoms with Crippen molar-refractivity contribution in [3.63, 3.8) is 0 Å². The second-order valence-electron chi connectivity index (χ2n) is 5.80. The molecular weight excluding hydrogens is 324 g/mol. The molecule has 128 valence electrons. The number of hydrogen-bond acceptors (Lipinski definition) is 3. The highest BCUT2D eigenvalue weighted by Gasteiger charge is 2.18. The Labute approximate surface area is 143 Å². The van der Waals surface area contributed by atoms with Crippen LogP contribution in [-0.2, 0) is 21.4 Å². The number of amides is 1. The fourth-order valence-corrected chi connectivity index (χ4v) is 3.61. The van der Waals surface area contributed by atoms with E-state index < -0.39 is 10.0 Å². The second kappa shape index (κ2) is 7.59. The van der Waals surface area contributed by atoms with Crippen molar-refractivity contribution in [2.45, 2.75) is 32.2 Å². The van der Waals surface area contributed by atoms with E-state index in [0.717, 1.165) is 16.7 Å². The van der Waals surface area contributed by atoms with Crippen molar-refractivity contribution < 1.29 is 13.2 Å². The SMILES string of the molecule is Cc1ccc(C)c(S(=O)(=O)NCC(=O)NCc2ccccc2C)c1. The smallest absolute Gasteiger partial charge is 0.241 e. The summed E-state index contributed by atoms with van der Waals surface area (Å²) in [5.41, 5.74) is 3.58. The van der Waals surface area contributed by atoms with Gasteiger partial charge in [0.2, 0.25) is 15.9 Å². The molecule has 0 unspecified atom stereocenters. The molecule has 5 nitrogen and oxygen atoms in total. The molecule has 0 bridgehead atoms. The summed E-state index contributed by atoms with van der Waals surface area (Å²) in [5.74, 6) is -0.368. The number of carbonyl (C=O) groups excluding carboxylic acids is 1. The van der Waals surface area contributed by atoms with Crippen molar-refractivity contribution in [1.82, 2.24) is 10.0 Å². The molecule has 0 heterocycles. The van der Waals surface area contributed by atoms with Gasteiger partial charge in [-0.15, -0.1) is 0 Å². The third-order valence-corrected chi connectivity index (χ3v) is 5.34. The van der Waals surface area contributed by atoms with Crippen LogP contribution in [0.5, 0.6) is 0 Å². The van der Waals surface area contributed by atoms with Crippen molar-refractivity contribution in [3.05, 3.63) is 64.7 Å². The van der Waals surface area contributed by atoms with Gasteiger partial charge < -0.3 is 5.32 Å². The van der Waals surface area contributed by atoms with Crippen LogP contribution in [0.1, 0.15) is 22.3 Å². The van der Waals surface area contributed by atoms with Crippen molar-refractivity contribution in [2.24, 2.45) is 0 Å². The van der Waals surface area contributed by atoms with Crippen LogP contribution in [0.15, 0.2) is 47.4 Å². The van der Waals surface area contributed by atoms with Crippen LogP contribution >= 0.6 is 0 Å². The predicted octanol–water partition coefficient (Wildman–Crippen LogP) is 2.21. The van der Waals surface area contributed by atoms with E-state index in [0.29, 0.717) is 12.1 Å². The Morgan fingerprint density at radius 3 is 2.42 bits per heavy atom. The lowest BCUT2D eigenvalue weighted by Gasteiger charge is -2.11. The van der Waals surface area contributed by atoms with Crippen molar-refractivity contribution in [1.29, 1.82) is 0 Å². The molecule has 6 heteroatoms. The Balaban J connectivity index is 1.95. The predicted molar refractivity (Wildman–Crippen MR) is 94.1 cm³/mol. The minimum atomic E-state index is -3.71. The van der Waals surface area contributed by atoms with Gasteiger partial charge in [0.05, 0.1) is 11.4 Å². The molecule has 0 atom stereocenters. The molecule has 0 aromatic heterocycles. The zero-order valence-corrected chi connectivity index (χ0v) is 14.9. The maximum absolute atomic E-state index is 12.3. The number of rotatable bonds is 6. The maximum Gasteiger partial charge on any atom is 0.241 e. The lowest BCUT2D eigenvalue weighted by atomic mass is 10.1. The standard InChI is InChI=1S/C18H22N2O3S/c1-13-8-9-15(3)17(10-13)24(22,23)20-12-18(21)19-11-16-7-5-4-6-14(16)2/h4-10,20H,11-12H2,1-3H3,(H,19,21). The van der Waals surface area contributed by atoms with Gasteiger partial charge in [0.15, 0.2) is 0 Å². The minimum Gasteiger partial charge on any atom is -0.351 e. The highest BCUT2D eigenvalue weighted by Crippen LogP contribution is 2.16. The summed E-state index contributed by atoms with van der Waals surface area (Å²) in [7, 11) is -3.71. The molecule has 0 fully saturated rings. The molecule has 0 saturated carbocycles. The molecule has 2 rings (SSSR count). The third-order valence-electron chi connectivity index (χ3n) is 3.79. The molecule has 2 N–H and O–H groups in total. The fourth-order valence-electron chi connectivity index (χ4n) is 2.30. The summed E-state index contributed by atoms with van der Waals surface area (Å²) < 4.78 is 27.0. The molecule has 2 aromatic rings. The summed E-state index contributed by atoms with van der Waals surface area (Å²) in [6.45, 7) is 5.60. The van der Waals surface area contributed by atoms with Crippen LogP contribution in [0, 0.1) is 20.8 Å². The van der Waals surface area contributed by atoms with Gasteiger partial charge in [0, 0.05) is 6.54 Å². The highest BCUT2D eigenvalue weighted by atomic mass is 32.2. The van der Waals surface area contributed by atoms with Gasteiger partial charge in [0.25, 0.3) is 0 Å². The Bertz CT molecular complexity index is 845. The van der Waals surface area contributed by atoms with E-state index in [1.807, 2.05) is 44.2 Å². The van der Waals surface area contributed by atoms with Gasteiger partial charge in [-0.3, -0.25) is 4.79 Å². The van der Waals surface area contributed by atoms with E-state index in [9.17, 15) is 13.2 Å². The lowest BCUT2D eigenvalue weighted by molar-refractivity contribution is -0.120. The number of hydrogen-bond donors (Lipinski definition) is 2. The maximum atomic E-state index is 12.3. The topological polar surface area (TPSA) is 75.3 Å². The monoisotopic (exact) mass is 346 g/mol. The van der Waals surface area contributed by atoms with Crippen LogP contribution in [-0.4, -0.2) is 20.9 Å². The number of benzene rings is 2. The van der Waals surface area contributed by atoms with Gasteiger partial charge in [-0.2, -0.15) is 0 Å². The van der Waals surface area contributed by atoms with E-state index in [1.165, 1.54) is 0 Å². The van der Waals surface area contributed by atoms with E-state index in [1.54, 1.807) is 19.1 Å². The second-order valence-corrected chi connectivity index (χ2v) is 7.53. The molecular formula is C18H22N2O3S. The van der Waals surface area contributed by atoms with E-state index >= 15 is 0 Å². The molecule has 2 aromatic carbocycles. The minimum absolute atomic E-state index is 0.203. The summed E-state index contributed by atoms with van der Waals surface area (Å²) in [5, 5.41) is 2.72. The largest absolute Gasteiger partial charge is 0.351 e. The summed E-state index contributed by atoms with van der Waals surface area (Å²) in [6.07, 6.45) is 0. The van der Waals surface area contributed by atoms with Gasteiger partial charge in [-0.05, 0) is 49.1 Å². The first-order chi connectivity index (χ1) is 11.3. The van der Waals surface area contributed by atoms with E-state index in [-0.39, 0.29) is 17.3 Å². The summed E-state index contributed by atoms with van der Waals surface area (Å²) in [6, 6.07) is 12.9. The quantitative estimate of drug-likeness (QED) is 0.842. The first kappa shape index (κ1) is 18.2. The van der Waals surface area contributed by atoms with Crippen LogP contribution in [0.25, 0.3) is 0 Å². The van der Waals surface area contributed by atoms with E-state index in [2.05, 4.69) is 10.0 Å². The molecule has 24 heavy (non-hydrogen) atoms. The van der Waals surface area contributed by atoms with Crippen LogP contribution < -0.4 is 10.0 Å². The van der Waals surface area contributed by atoms with Crippen LogP contribution in [0.3, 0.4) is 0 Å². The number of aryl methyl sites for hydroxylation is 3. The summed E-state index contributed by atoms with van der Waals surface area (Å²) in [4.78, 5) is 12.1. The first-order valence-corrected chi connectivity index (χ1v) is 9.16. The van der Waals surface area contributed by atoms with Crippen LogP contribution in [0.4, 0.5) is 0 Å². The molecule has 0 aliphatic heterocycles. The first-order valence-electron chi connectivity index (χ1n) is 7.68. The normalized spacial score (nSPS) is 11.3. The van der Waals surface area contributed by atoms with E-state index in [4.69, 9.17) is 0 Å². The van der Waals surface area contributed by atoms with Gasteiger partial charge in [-0.25, -0.2) is 13.1 Å². The Kier molecular flexibility index (Phi) is 5.75. The average molecular weight is 346 g/mol. The van der Waals surface area contributed by atoms with Gasteiger partial charge >= 0.3 is 0 Å². The van der Waals surface area contributed by atoms with Gasteiger partial charge in [0.1, 0.15) is 0 Å². The third kappa shape index (κ3) is 4.66. The van der Waals surface area contributed by atoms with Gasteiger partial charge in [-0.1, -0.05) is 36.4 Å². The molecule has 1 amide bonds. The molecule has 0 radical (unpaired) electrons. The Morgan fingerprint density at radius 1 is 1.00 bits per heavy atom. The van der Waals surface area contributed by atoms with Crippen molar-refractivity contribution in [2.75, 3.05) is 6.54 Å². The summed E-state index contributed by atoms with van der Waals surface area (Å²) >= 11 is 0. The lowest BCUT2D eigenvalue weighted by Crippen LogP contribution is -2.36. The highest BCUT2D eigenvalue weighted by molar-refractivity contribution is 7.89. The number of nitrogens with one attached hydrogen (secondary N) is 2. The molecule has 0 aliphatic carbocycles. The van der Waals surface area contributed by atoms with Crippen molar-refractivity contribution in [3.8, 4) is 0 Å². The molecule has 0 saturated heterocycles. The number of sulfonamides is 1. The zero-order valence-electron chi connectivity index (χ0n) is 14.1. The Morgan fingerprint density at radius 2 is 1.71 bits per heavy atom. The van der Waals surface area contributed by atoms with Crippen LogP contribution in [0.2, 0.25) is 0 Å². The molecule has 0 spiro atoms. The number of carbonyl (C=O) groups is 1. The zero-order chi connectivity index (χ0) is 17.7. The Hall–Kier alpha value is -2.18.